The van der Waals surface area contributed by atoms with Gasteiger partial charge in [-0.3, -0.25) is 0 Å². The second-order valence-electron chi connectivity index (χ2n) is 15.8. The number of benzene rings is 4. The van der Waals surface area contributed by atoms with Crippen molar-refractivity contribution in [1.29, 1.82) is 0 Å². The quantitative estimate of drug-likeness (QED) is 0.231. The number of hydrogen-bond acceptors (Lipinski definition) is 0. The summed E-state index contributed by atoms with van der Waals surface area (Å²) in [6.45, 7) is 21.3. The third-order valence-corrected chi connectivity index (χ3v) is 9.80. The number of fused-ring (bicyclic) bond motifs is 3. The summed E-state index contributed by atoms with van der Waals surface area (Å²) in [5.41, 5.74) is 13.9. The Morgan fingerprint density at radius 2 is 1.05 bits per heavy atom. The molecule has 220 valence electrons. The predicted octanol–water partition coefficient (Wildman–Crippen LogP) is 11.6. The molecule has 0 nitrogen and oxygen atoms in total. The second-order valence-corrected chi connectivity index (χ2v) is 15.8. The first-order valence-corrected chi connectivity index (χ1v) is 16.0. The van der Waals surface area contributed by atoms with Crippen molar-refractivity contribution < 1.29 is 0 Å². The van der Waals surface area contributed by atoms with E-state index >= 15 is 0 Å². The molecule has 43 heavy (non-hydrogen) atoms. The molecular weight excluding hydrogens is 516 g/mol. The highest BCUT2D eigenvalue weighted by molar-refractivity contribution is 5.83. The lowest BCUT2D eigenvalue weighted by Gasteiger charge is -2.44. The monoisotopic (exact) mass is 564 g/mol. The van der Waals surface area contributed by atoms with Gasteiger partial charge in [0.1, 0.15) is 0 Å². The van der Waals surface area contributed by atoms with Crippen LogP contribution in [0.2, 0.25) is 0 Å². The summed E-state index contributed by atoms with van der Waals surface area (Å²) in [6.07, 6.45) is 7.96. The van der Waals surface area contributed by atoms with Crippen molar-refractivity contribution in [2.24, 2.45) is 0 Å². The Hall–Kier alpha value is -3.64. The van der Waals surface area contributed by atoms with E-state index in [9.17, 15) is 0 Å². The van der Waals surface area contributed by atoms with Crippen LogP contribution < -0.4 is 0 Å². The highest BCUT2D eigenvalue weighted by Gasteiger charge is 2.51. The Labute approximate surface area is 260 Å². The summed E-state index contributed by atoms with van der Waals surface area (Å²) < 4.78 is 0. The average molecular weight is 565 g/mol. The van der Waals surface area contributed by atoms with Crippen LogP contribution in [0.4, 0.5) is 0 Å². The molecule has 1 unspecified atom stereocenters. The molecule has 0 bridgehead atoms. The summed E-state index contributed by atoms with van der Waals surface area (Å²) >= 11 is 0. The minimum Gasteiger partial charge on any atom is -0.0804 e. The van der Waals surface area contributed by atoms with Crippen molar-refractivity contribution >= 4 is 0 Å². The van der Waals surface area contributed by atoms with Gasteiger partial charge in [0.25, 0.3) is 0 Å². The number of allylic oxidation sites excluding steroid dienone is 4. The van der Waals surface area contributed by atoms with E-state index in [1.165, 1.54) is 55.6 Å². The van der Waals surface area contributed by atoms with Crippen molar-refractivity contribution in [2.75, 3.05) is 0 Å². The molecule has 0 radical (unpaired) electrons. The van der Waals surface area contributed by atoms with Crippen LogP contribution in [-0.2, 0) is 21.7 Å². The van der Waals surface area contributed by atoms with Crippen molar-refractivity contribution in [2.45, 2.75) is 96.3 Å². The van der Waals surface area contributed by atoms with E-state index in [4.69, 9.17) is 0 Å². The van der Waals surface area contributed by atoms with E-state index in [1.807, 2.05) is 0 Å². The predicted molar refractivity (Wildman–Crippen MR) is 185 cm³/mol. The summed E-state index contributed by atoms with van der Waals surface area (Å²) in [5.74, 6) is 0.130. The zero-order valence-electron chi connectivity index (χ0n) is 27.7. The first-order valence-electron chi connectivity index (χ1n) is 16.0. The van der Waals surface area contributed by atoms with Gasteiger partial charge in [-0.25, -0.2) is 0 Å². The minimum atomic E-state index is -0.360. The Balaban J connectivity index is 1.80. The molecule has 0 N–H and O–H groups in total. The van der Waals surface area contributed by atoms with Crippen LogP contribution in [0.5, 0.6) is 0 Å². The maximum atomic E-state index is 2.61. The molecule has 4 aromatic rings. The fourth-order valence-corrected chi connectivity index (χ4v) is 7.67. The molecule has 6 rings (SSSR count). The van der Waals surface area contributed by atoms with Crippen molar-refractivity contribution in [3.05, 3.63) is 154 Å². The van der Waals surface area contributed by atoms with Gasteiger partial charge in [-0.05, 0) is 72.7 Å². The molecule has 0 heterocycles. The largest absolute Gasteiger partial charge is 0.0804 e. The lowest BCUT2D eigenvalue weighted by Crippen LogP contribution is -2.37. The van der Waals surface area contributed by atoms with Gasteiger partial charge in [0.15, 0.2) is 0 Å². The van der Waals surface area contributed by atoms with Gasteiger partial charge in [0.2, 0.25) is 0 Å². The average Bonchev–Trinajstić information content (AvgIpc) is 3.60. The van der Waals surface area contributed by atoms with E-state index in [0.717, 1.165) is 6.42 Å². The summed E-state index contributed by atoms with van der Waals surface area (Å²) in [6, 6.07) is 35.2. The lowest BCUT2D eigenvalue weighted by atomic mass is 9.58. The zero-order valence-corrected chi connectivity index (χ0v) is 27.7. The Kier molecular flexibility index (Phi) is 7.00. The van der Waals surface area contributed by atoms with Gasteiger partial charge in [-0.1, -0.05) is 177 Å². The van der Waals surface area contributed by atoms with Gasteiger partial charge in [-0.15, -0.1) is 0 Å². The third kappa shape index (κ3) is 4.84. The van der Waals surface area contributed by atoms with Crippen LogP contribution >= 0.6 is 0 Å². The summed E-state index contributed by atoms with van der Waals surface area (Å²) in [4.78, 5) is 0. The van der Waals surface area contributed by atoms with Crippen molar-refractivity contribution in [1.82, 2.24) is 0 Å². The molecule has 2 aliphatic carbocycles. The van der Waals surface area contributed by atoms with Crippen LogP contribution in [0.25, 0.3) is 11.1 Å². The van der Waals surface area contributed by atoms with Crippen LogP contribution in [0.15, 0.2) is 115 Å². The van der Waals surface area contributed by atoms with Crippen LogP contribution in [0.3, 0.4) is 0 Å². The fourth-order valence-electron chi connectivity index (χ4n) is 7.67. The topological polar surface area (TPSA) is 0 Å². The van der Waals surface area contributed by atoms with Crippen molar-refractivity contribution in [3.63, 3.8) is 0 Å². The Bertz CT molecular complexity index is 1670. The first kappa shape index (κ1) is 29.4. The van der Waals surface area contributed by atoms with E-state index in [1.54, 1.807) is 0 Å². The van der Waals surface area contributed by atoms with Crippen LogP contribution in [0.1, 0.15) is 114 Å². The molecule has 1 atom stereocenters. The van der Waals surface area contributed by atoms with Gasteiger partial charge < -0.3 is 0 Å². The third-order valence-electron chi connectivity index (χ3n) is 9.80. The van der Waals surface area contributed by atoms with Crippen LogP contribution in [0, 0.1) is 0 Å². The molecule has 0 aliphatic heterocycles. The fraction of sp³-hybridized carbons (Fsp3) is 0.349. The molecule has 0 heteroatoms. The SMILES string of the molecule is CC(C)(C)c1ccc2c(c1)C(C(C1=CC=CC1)(c1ccccc1)c1ccccc1)c1cc(C(C)(C)C)c(C(C)(C)C)cc1-2. The molecule has 0 saturated heterocycles. The first-order chi connectivity index (χ1) is 20.2. The van der Waals surface area contributed by atoms with E-state index in [-0.39, 0.29) is 27.6 Å². The number of hydrogen-bond donors (Lipinski definition) is 0. The van der Waals surface area contributed by atoms with E-state index in [0.29, 0.717) is 0 Å². The van der Waals surface area contributed by atoms with E-state index in [2.05, 4.69) is 172 Å². The molecule has 2 aliphatic rings. The Morgan fingerprint density at radius 3 is 1.53 bits per heavy atom. The highest BCUT2D eigenvalue weighted by Crippen LogP contribution is 2.61. The van der Waals surface area contributed by atoms with E-state index < -0.39 is 0 Å². The maximum absolute atomic E-state index is 2.61. The summed E-state index contributed by atoms with van der Waals surface area (Å²) in [5, 5.41) is 0. The molecular formula is C43H48. The number of rotatable bonds is 4. The molecule has 4 aromatic carbocycles. The summed E-state index contributed by atoms with van der Waals surface area (Å²) in [7, 11) is 0. The minimum absolute atomic E-state index is 0.0177. The van der Waals surface area contributed by atoms with Gasteiger partial charge in [0, 0.05) is 5.92 Å². The van der Waals surface area contributed by atoms with Gasteiger partial charge >= 0.3 is 0 Å². The second kappa shape index (κ2) is 10.2. The van der Waals surface area contributed by atoms with Gasteiger partial charge in [-0.2, -0.15) is 0 Å². The standard InChI is InChI=1S/C43H48/c1-40(2,3)32-24-25-33-34-27-37(41(4,5)6)38(42(7,8)9)28-36(34)39(35(33)26-32)43(31-22-16-17-23-31,29-18-12-10-13-19-29)30-20-14-11-15-21-30/h10-22,24-28,39H,23H2,1-9H3. The smallest absolute Gasteiger partial charge is 0.0526 e. The molecule has 0 amide bonds. The normalized spacial score (nSPS) is 16.7. The van der Waals surface area contributed by atoms with Crippen molar-refractivity contribution in [3.8, 4) is 11.1 Å². The molecule has 0 fully saturated rings. The molecule has 0 saturated carbocycles. The molecule has 0 spiro atoms. The lowest BCUT2D eigenvalue weighted by molar-refractivity contribution is 0.513. The highest BCUT2D eigenvalue weighted by atomic mass is 14.5. The Morgan fingerprint density at radius 1 is 0.512 bits per heavy atom. The maximum Gasteiger partial charge on any atom is 0.0526 e. The van der Waals surface area contributed by atoms with Gasteiger partial charge in [0.05, 0.1) is 5.41 Å². The zero-order chi connectivity index (χ0) is 30.8. The van der Waals surface area contributed by atoms with Crippen LogP contribution in [-0.4, -0.2) is 0 Å². The molecule has 0 aromatic heterocycles.